The summed E-state index contributed by atoms with van der Waals surface area (Å²) in [6.45, 7) is 1.96. The Balaban J connectivity index is 1.54. The summed E-state index contributed by atoms with van der Waals surface area (Å²) in [5, 5.41) is 10.5. The van der Waals surface area contributed by atoms with Crippen molar-refractivity contribution in [3.8, 4) is 22.9 Å². The maximum Gasteiger partial charge on any atom is 0.294 e. The molecule has 0 aliphatic heterocycles. The van der Waals surface area contributed by atoms with E-state index in [4.69, 9.17) is 26.8 Å². The third-order valence-electron chi connectivity index (χ3n) is 4.47. The summed E-state index contributed by atoms with van der Waals surface area (Å²) in [7, 11) is 1.51. The van der Waals surface area contributed by atoms with Crippen LogP contribution in [0.3, 0.4) is 0 Å². The van der Waals surface area contributed by atoms with Crippen LogP contribution in [0.25, 0.3) is 5.69 Å². The van der Waals surface area contributed by atoms with Gasteiger partial charge < -0.3 is 15.2 Å². The topological polar surface area (TPSA) is 117 Å². The van der Waals surface area contributed by atoms with Crippen LogP contribution < -0.4 is 26.2 Å². The van der Waals surface area contributed by atoms with Crippen molar-refractivity contribution in [2.75, 3.05) is 18.3 Å². The Labute approximate surface area is 198 Å². The highest BCUT2D eigenvalue weighted by atomic mass is 35.5. The normalized spacial score (nSPS) is 11.0. The molecule has 0 saturated carbocycles. The van der Waals surface area contributed by atoms with Gasteiger partial charge in [-0.2, -0.15) is 14.9 Å². The molecular formula is C22H19ClN6O3S. The first-order chi connectivity index (χ1) is 15.9. The van der Waals surface area contributed by atoms with Crippen molar-refractivity contribution in [1.82, 2.24) is 14.8 Å². The minimum atomic E-state index is -0.491. The Bertz CT molecular complexity index is 1370. The number of thiazole rings is 1. The predicted molar refractivity (Wildman–Crippen MR) is 130 cm³/mol. The minimum Gasteiger partial charge on any atom is -0.493 e. The molecule has 0 fully saturated rings. The van der Waals surface area contributed by atoms with E-state index < -0.39 is 5.56 Å². The van der Waals surface area contributed by atoms with Crippen LogP contribution in [0.5, 0.6) is 17.2 Å². The number of rotatable bonds is 7. The Hall–Kier alpha value is -3.89. The van der Waals surface area contributed by atoms with Crippen LogP contribution in [0.15, 0.2) is 63.9 Å². The standard InChI is InChI=1S/C22H19ClN6O3S/c1-13-3-6-15(7-4-13)29-21(30)20(23)18(11-26-29)32-16-8-5-14(9-17(16)31-2)10-25-28-22-27-19(24)12-33-22/h3-12H,24H2,1-2H3,(H,27,28). The lowest BCUT2D eigenvalue weighted by atomic mass is 10.2. The molecule has 2 aromatic heterocycles. The maximum absolute atomic E-state index is 12.7. The Kier molecular flexibility index (Phi) is 6.57. The number of hydrogen-bond donors (Lipinski definition) is 2. The number of halogens is 1. The number of nitrogens with two attached hydrogens (primary N) is 1. The molecule has 3 N–H and O–H groups in total. The lowest BCUT2D eigenvalue weighted by Crippen LogP contribution is -2.21. The van der Waals surface area contributed by atoms with Crippen LogP contribution in [0.4, 0.5) is 10.9 Å². The van der Waals surface area contributed by atoms with E-state index in [2.05, 4.69) is 20.6 Å². The van der Waals surface area contributed by atoms with Crippen LogP contribution in [0.1, 0.15) is 11.1 Å². The molecule has 0 bridgehead atoms. The summed E-state index contributed by atoms with van der Waals surface area (Å²) in [6.07, 6.45) is 2.99. The third-order valence-corrected chi connectivity index (χ3v) is 5.58. The fourth-order valence-corrected chi connectivity index (χ4v) is 3.54. The van der Waals surface area contributed by atoms with Crippen LogP contribution >= 0.6 is 22.9 Å². The van der Waals surface area contributed by atoms with Crippen molar-refractivity contribution in [3.63, 3.8) is 0 Å². The van der Waals surface area contributed by atoms with Crippen LogP contribution in [0, 0.1) is 6.92 Å². The second-order valence-electron chi connectivity index (χ2n) is 6.84. The van der Waals surface area contributed by atoms with Crippen molar-refractivity contribution < 1.29 is 9.47 Å². The first kappa shape index (κ1) is 22.3. The highest BCUT2D eigenvalue weighted by molar-refractivity contribution is 7.14. The molecule has 0 spiro atoms. The summed E-state index contributed by atoms with van der Waals surface area (Å²) in [5.41, 5.74) is 10.3. The second kappa shape index (κ2) is 9.72. The zero-order valence-electron chi connectivity index (χ0n) is 17.7. The lowest BCUT2D eigenvalue weighted by molar-refractivity contribution is 0.377. The van der Waals surface area contributed by atoms with E-state index in [0.717, 1.165) is 11.1 Å². The van der Waals surface area contributed by atoms with Gasteiger partial charge in [0.05, 0.1) is 25.2 Å². The van der Waals surface area contributed by atoms with E-state index in [-0.39, 0.29) is 10.8 Å². The van der Waals surface area contributed by atoms with E-state index in [9.17, 15) is 4.79 Å². The van der Waals surface area contributed by atoms with Crippen molar-refractivity contribution in [2.24, 2.45) is 5.10 Å². The molecule has 0 aliphatic rings. The molecule has 0 radical (unpaired) electrons. The third kappa shape index (κ3) is 5.13. The molecule has 0 amide bonds. The van der Waals surface area contributed by atoms with E-state index in [1.807, 2.05) is 19.1 Å². The lowest BCUT2D eigenvalue weighted by Gasteiger charge is -2.13. The average Bonchev–Trinajstić information content (AvgIpc) is 3.23. The number of methoxy groups -OCH3 is 1. The van der Waals surface area contributed by atoms with E-state index in [1.165, 1.54) is 29.3 Å². The summed E-state index contributed by atoms with van der Waals surface area (Å²) < 4.78 is 12.5. The van der Waals surface area contributed by atoms with Crippen molar-refractivity contribution in [2.45, 2.75) is 6.92 Å². The molecule has 0 aliphatic carbocycles. The maximum atomic E-state index is 12.7. The second-order valence-corrected chi connectivity index (χ2v) is 8.07. The van der Waals surface area contributed by atoms with Gasteiger partial charge in [-0.1, -0.05) is 29.3 Å². The Morgan fingerprint density at radius 1 is 1.18 bits per heavy atom. The van der Waals surface area contributed by atoms with E-state index in [1.54, 1.807) is 41.9 Å². The van der Waals surface area contributed by atoms with Gasteiger partial charge in [-0.15, -0.1) is 11.3 Å². The molecule has 0 atom stereocenters. The quantitative estimate of drug-likeness (QED) is 0.294. The molecule has 168 valence electrons. The van der Waals surface area contributed by atoms with Crippen molar-refractivity contribution in [3.05, 3.63) is 80.5 Å². The summed E-state index contributed by atoms with van der Waals surface area (Å²) in [4.78, 5) is 16.8. The molecule has 2 aromatic carbocycles. The fraction of sp³-hybridized carbons (Fsp3) is 0.0909. The fourth-order valence-electron chi connectivity index (χ4n) is 2.83. The molecule has 4 aromatic rings. The number of anilines is 2. The molecule has 33 heavy (non-hydrogen) atoms. The van der Waals surface area contributed by atoms with E-state index in [0.29, 0.717) is 28.1 Å². The molecule has 2 heterocycles. The van der Waals surface area contributed by atoms with Crippen molar-refractivity contribution >= 4 is 40.1 Å². The molecule has 11 heteroatoms. The number of aryl methyl sites for hydroxylation is 1. The van der Waals surface area contributed by atoms with Crippen LogP contribution in [0.2, 0.25) is 5.02 Å². The summed E-state index contributed by atoms with van der Waals surface area (Å²) in [5.74, 6) is 1.34. The van der Waals surface area contributed by atoms with Gasteiger partial charge in [0.2, 0.25) is 5.13 Å². The number of hydrogen-bond acceptors (Lipinski definition) is 9. The highest BCUT2D eigenvalue weighted by Crippen LogP contribution is 2.34. The molecular weight excluding hydrogens is 464 g/mol. The van der Waals surface area contributed by atoms with Crippen LogP contribution in [-0.4, -0.2) is 28.1 Å². The number of aromatic nitrogens is 3. The monoisotopic (exact) mass is 482 g/mol. The smallest absolute Gasteiger partial charge is 0.294 e. The summed E-state index contributed by atoms with van der Waals surface area (Å²) >= 11 is 7.65. The van der Waals surface area contributed by atoms with Gasteiger partial charge in [-0.25, -0.2) is 4.98 Å². The van der Waals surface area contributed by atoms with Crippen molar-refractivity contribution in [1.29, 1.82) is 0 Å². The number of ether oxygens (including phenoxy) is 2. The van der Waals surface area contributed by atoms with Crippen LogP contribution in [-0.2, 0) is 0 Å². The zero-order valence-corrected chi connectivity index (χ0v) is 19.2. The van der Waals surface area contributed by atoms with Gasteiger partial charge in [0, 0.05) is 5.38 Å². The zero-order chi connectivity index (χ0) is 23.4. The van der Waals surface area contributed by atoms with Gasteiger partial charge in [0.1, 0.15) is 5.82 Å². The predicted octanol–water partition coefficient (Wildman–Crippen LogP) is 4.48. The Morgan fingerprint density at radius 3 is 2.67 bits per heavy atom. The number of benzene rings is 2. The molecule has 9 nitrogen and oxygen atoms in total. The number of nitrogen functional groups attached to an aromatic ring is 1. The van der Waals surface area contributed by atoms with Gasteiger partial charge in [0.25, 0.3) is 5.56 Å². The van der Waals surface area contributed by atoms with E-state index >= 15 is 0 Å². The molecule has 4 rings (SSSR count). The number of hydrazone groups is 1. The SMILES string of the molecule is COc1cc(C=NNc2nc(N)cs2)ccc1Oc1cnn(-c2ccc(C)cc2)c(=O)c1Cl. The first-order valence-electron chi connectivity index (χ1n) is 9.65. The van der Waals surface area contributed by atoms with Gasteiger partial charge in [-0.05, 0) is 42.8 Å². The Morgan fingerprint density at radius 2 is 1.97 bits per heavy atom. The highest BCUT2D eigenvalue weighted by Gasteiger charge is 2.15. The largest absolute Gasteiger partial charge is 0.493 e. The minimum absolute atomic E-state index is 0.0924. The number of nitrogens with one attached hydrogen (secondary N) is 1. The number of nitrogens with zero attached hydrogens (tertiary/aromatic N) is 4. The summed E-state index contributed by atoms with van der Waals surface area (Å²) in [6, 6.07) is 12.5. The average molecular weight is 483 g/mol. The van der Waals surface area contributed by atoms with Gasteiger partial charge in [-0.3, -0.25) is 10.2 Å². The molecule has 0 saturated heterocycles. The molecule has 0 unspecified atom stereocenters. The van der Waals surface area contributed by atoms with Gasteiger partial charge >= 0.3 is 0 Å². The van der Waals surface area contributed by atoms with Gasteiger partial charge in [0.15, 0.2) is 22.3 Å². The first-order valence-corrected chi connectivity index (χ1v) is 10.9.